The van der Waals surface area contributed by atoms with Gasteiger partial charge in [0, 0.05) is 44.1 Å². The average molecular weight is 359 g/mol. The van der Waals surface area contributed by atoms with Gasteiger partial charge in [-0.1, -0.05) is 0 Å². The molecule has 0 radical (unpaired) electrons. The summed E-state index contributed by atoms with van der Waals surface area (Å²) in [7, 11) is 0. The Morgan fingerprint density at radius 2 is 1.64 bits per heavy atom. The van der Waals surface area contributed by atoms with Gasteiger partial charge in [0.1, 0.15) is 0 Å². The third-order valence-corrected chi connectivity index (χ3v) is 5.70. The third kappa shape index (κ3) is 3.53. The Balaban J connectivity index is 1.68. The maximum Gasteiger partial charge on any atom is 0.264 e. The summed E-state index contributed by atoms with van der Waals surface area (Å²) >= 11 is 1.58. The number of carbonyl (C=O) groups is 1. The second kappa shape index (κ2) is 7.51. The summed E-state index contributed by atoms with van der Waals surface area (Å²) < 4.78 is 10.8. The fourth-order valence-corrected chi connectivity index (χ4v) is 4.35. The SMILES string of the molecule is O=C(c1cc(-c2ccncc2)c(N2CCOCC2)s1)N1CCOCC1. The van der Waals surface area contributed by atoms with Crippen molar-refractivity contribution in [1.29, 1.82) is 0 Å². The normalized spacial score (nSPS) is 18.4. The summed E-state index contributed by atoms with van der Waals surface area (Å²) in [5, 5.41) is 1.14. The fourth-order valence-electron chi connectivity index (χ4n) is 3.15. The molecule has 0 spiro atoms. The number of pyridine rings is 1. The second-order valence-electron chi connectivity index (χ2n) is 6.07. The van der Waals surface area contributed by atoms with Gasteiger partial charge in [0.05, 0.1) is 36.3 Å². The van der Waals surface area contributed by atoms with Crippen LogP contribution in [-0.4, -0.2) is 68.4 Å². The molecule has 0 unspecified atom stereocenters. The van der Waals surface area contributed by atoms with Gasteiger partial charge in [-0.15, -0.1) is 11.3 Å². The lowest BCUT2D eigenvalue weighted by Crippen LogP contribution is -2.40. The Bertz CT molecular complexity index is 722. The van der Waals surface area contributed by atoms with Gasteiger partial charge < -0.3 is 19.3 Å². The first-order valence-electron chi connectivity index (χ1n) is 8.57. The molecule has 2 fully saturated rings. The number of nitrogens with zero attached hydrogens (tertiary/aromatic N) is 3. The Hall–Kier alpha value is -1.96. The van der Waals surface area contributed by atoms with E-state index in [-0.39, 0.29) is 5.91 Å². The van der Waals surface area contributed by atoms with E-state index in [1.54, 1.807) is 23.7 Å². The zero-order valence-electron chi connectivity index (χ0n) is 14.0. The summed E-state index contributed by atoms with van der Waals surface area (Å²) in [5.74, 6) is 0.100. The molecule has 7 heteroatoms. The number of anilines is 1. The minimum absolute atomic E-state index is 0.100. The monoisotopic (exact) mass is 359 g/mol. The smallest absolute Gasteiger partial charge is 0.264 e. The topological polar surface area (TPSA) is 54.9 Å². The molecule has 2 aromatic heterocycles. The number of carbonyl (C=O) groups excluding carboxylic acids is 1. The summed E-state index contributed by atoms with van der Waals surface area (Å²) in [4.78, 5) is 22.0. The highest BCUT2D eigenvalue weighted by atomic mass is 32.1. The molecule has 6 nitrogen and oxygen atoms in total. The highest BCUT2D eigenvalue weighted by Crippen LogP contribution is 2.39. The van der Waals surface area contributed by atoms with Gasteiger partial charge in [0.25, 0.3) is 5.91 Å². The number of thiophene rings is 1. The van der Waals surface area contributed by atoms with Gasteiger partial charge >= 0.3 is 0 Å². The average Bonchev–Trinajstić information content (AvgIpc) is 3.15. The van der Waals surface area contributed by atoms with Crippen LogP contribution in [0.5, 0.6) is 0 Å². The Labute approximate surface area is 151 Å². The van der Waals surface area contributed by atoms with Crippen LogP contribution < -0.4 is 4.90 Å². The zero-order chi connectivity index (χ0) is 17.1. The van der Waals surface area contributed by atoms with Crippen LogP contribution in [0.1, 0.15) is 9.67 Å². The molecule has 0 bridgehead atoms. The zero-order valence-corrected chi connectivity index (χ0v) is 14.8. The highest BCUT2D eigenvalue weighted by Gasteiger charge is 2.25. The van der Waals surface area contributed by atoms with E-state index in [0.717, 1.165) is 47.3 Å². The van der Waals surface area contributed by atoms with E-state index in [9.17, 15) is 4.79 Å². The van der Waals surface area contributed by atoms with E-state index in [1.165, 1.54) is 0 Å². The van der Waals surface area contributed by atoms with Crippen molar-refractivity contribution in [2.75, 3.05) is 57.5 Å². The molecule has 0 saturated carbocycles. The molecule has 4 heterocycles. The second-order valence-corrected chi connectivity index (χ2v) is 7.10. The lowest BCUT2D eigenvalue weighted by molar-refractivity contribution is 0.0306. The maximum atomic E-state index is 12.9. The third-order valence-electron chi connectivity index (χ3n) is 4.51. The van der Waals surface area contributed by atoms with Crippen molar-refractivity contribution in [3.05, 3.63) is 35.5 Å². The molecule has 0 aliphatic carbocycles. The van der Waals surface area contributed by atoms with Crippen LogP contribution in [-0.2, 0) is 9.47 Å². The fraction of sp³-hybridized carbons (Fsp3) is 0.444. The first-order valence-corrected chi connectivity index (χ1v) is 9.38. The summed E-state index contributed by atoms with van der Waals surface area (Å²) in [6.45, 7) is 5.70. The quantitative estimate of drug-likeness (QED) is 0.840. The molecule has 2 aromatic rings. The van der Waals surface area contributed by atoms with Crippen LogP contribution in [0.3, 0.4) is 0 Å². The van der Waals surface area contributed by atoms with Crippen LogP contribution in [0.15, 0.2) is 30.6 Å². The van der Waals surface area contributed by atoms with E-state index < -0.39 is 0 Å². The predicted molar refractivity (Wildman–Crippen MR) is 97.3 cm³/mol. The maximum absolute atomic E-state index is 12.9. The van der Waals surface area contributed by atoms with Crippen LogP contribution in [0.4, 0.5) is 5.00 Å². The van der Waals surface area contributed by atoms with Crippen LogP contribution in [0.25, 0.3) is 11.1 Å². The van der Waals surface area contributed by atoms with Gasteiger partial charge in [0.2, 0.25) is 0 Å². The van der Waals surface area contributed by atoms with E-state index in [0.29, 0.717) is 26.3 Å². The van der Waals surface area contributed by atoms with Crippen molar-refractivity contribution in [3.8, 4) is 11.1 Å². The van der Waals surface area contributed by atoms with Crippen LogP contribution in [0.2, 0.25) is 0 Å². The van der Waals surface area contributed by atoms with Crippen LogP contribution in [0, 0.1) is 0 Å². The first kappa shape index (κ1) is 16.5. The first-order chi connectivity index (χ1) is 12.3. The number of morpholine rings is 2. The van der Waals surface area contributed by atoms with Crippen molar-refractivity contribution in [2.24, 2.45) is 0 Å². The van der Waals surface area contributed by atoms with E-state index in [1.807, 2.05) is 23.1 Å². The van der Waals surface area contributed by atoms with E-state index in [4.69, 9.17) is 9.47 Å². The largest absolute Gasteiger partial charge is 0.378 e. The van der Waals surface area contributed by atoms with Crippen molar-refractivity contribution in [3.63, 3.8) is 0 Å². The molecule has 0 atom stereocenters. The number of aromatic nitrogens is 1. The van der Waals surface area contributed by atoms with Crippen molar-refractivity contribution in [2.45, 2.75) is 0 Å². The minimum atomic E-state index is 0.100. The Morgan fingerprint density at radius 1 is 1.00 bits per heavy atom. The lowest BCUT2D eigenvalue weighted by Gasteiger charge is -2.28. The number of hydrogen-bond donors (Lipinski definition) is 0. The minimum Gasteiger partial charge on any atom is -0.378 e. The lowest BCUT2D eigenvalue weighted by atomic mass is 10.1. The molecule has 1 amide bonds. The van der Waals surface area contributed by atoms with Crippen molar-refractivity contribution < 1.29 is 14.3 Å². The highest BCUT2D eigenvalue weighted by molar-refractivity contribution is 7.18. The van der Waals surface area contributed by atoms with E-state index in [2.05, 4.69) is 9.88 Å². The number of rotatable bonds is 3. The van der Waals surface area contributed by atoms with E-state index >= 15 is 0 Å². The van der Waals surface area contributed by atoms with Gasteiger partial charge in [-0.2, -0.15) is 0 Å². The Kier molecular flexibility index (Phi) is 4.96. The number of hydrogen-bond acceptors (Lipinski definition) is 6. The molecule has 2 saturated heterocycles. The molecule has 2 aliphatic heterocycles. The van der Waals surface area contributed by atoms with Crippen molar-refractivity contribution >= 4 is 22.2 Å². The molecule has 25 heavy (non-hydrogen) atoms. The molecule has 132 valence electrons. The van der Waals surface area contributed by atoms with Gasteiger partial charge in [-0.25, -0.2) is 0 Å². The molecular formula is C18H21N3O3S. The molecule has 0 aromatic carbocycles. The van der Waals surface area contributed by atoms with Crippen molar-refractivity contribution in [1.82, 2.24) is 9.88 Å². The van der Waals surface area contributed by atoms with Crippen LogP contribution >= 0.6 is 11.3 Å². The number of ether oxygens (including phenoxy) is 2. The molecular weight excluding hydrogens is 338 g/mol. The summed E-state index contributed by atoms with van der Waals surface area (Å²) in [6, 6.07) is 6.02. The molecule has 0 N–H and O–H groups in total. The number of amides is 1. The Morgan fingerprint density at radius 3 is 2.32 bits per heavy atom. The standard InChI is InChI=1S/C18H21N3O3S/c22-17(20-5-9-23-10-6-20)16-13-15(14-1-3-19-4-2-14)18(25-16)21-7-11-24-12-8-21/h1-4,13H,5-12H2. The predicted octanol–water partition coefficient (Wildman–Crippen LogP) is 2.12. The van der Waals surface area contributed by atoms with Gasteiger partial charge in [-0.05, 0) is 23.8 Å². The molecule has 2 aliphatic rings. The summed E-state index contributed by atoms with van der Waals surface area (Å²) in [6.07, 6.45) is 3.58. The summed E-state index contributed by atoms with van der Waals surface area (Å²) in [5.41, 5.74) is 2.19. The molecule has 4 rings (SSSR count). The van der Waals surface area contributed by atoms with Gasteiger partial charge in [-0.3, -0.25) is 9.78 Å². The van der Waals surface area contributed by atoms with Gasteiger partial charge in [0.15, 0.2) is 0 Å².